The Labute approximate surface area is 118 Å². The molecular formula is C15H20FNO3. The Hall–Kier alpha value is -1.46. The molecule has 0 aliphatic carbocycles. The van der Waals surface area contributed by atoms with Crippen LogP contribution in [0.1, 0.15) is 28.8 Å². The van der Waals surface area contributed by atoms with Crippen molar-refractivity contribution in [1.29, 1.82) is 0 Å². The maximum Gasteiger partial charge on any atom is 0.335 e. The predicted molar refractivity (Wildman–Crippen MR) is 73.2 cm³/mol. The quantitative estimate of drug-likeness (QED) is 0.900. The van der Waals surface area contributed by atoms with Crippen LogP contribution in [0.4, 0.5) is 4.39 Å². The number of hydrogen-bond acceptors (Lipinski definition) is 3. The molecule has 1 heterocycles. The largest absolute Gasteiger partial charge is 0.478 e. The van der Waals surface area contributed by atoms with E-state index >= 15 is 0 Å². The molecule has 1 N–H and O–H groups in total. The Morgan fingerprint density at radius 2 is 2.35 bits per heavy atom. The van der Waals surface area contributed by atoms with E-state index in [-0.39, 0.29) is 5.56 Å². The number of carbonyl (C=O) groups is 1. The number of carboxylic acid groups (broad SMARTS) is 1. The van der Waals surface area contributed by atoms with E-state index in [1.165, 1.54) is 6.07 Å². The van der Waals surface area contributed by atoms with Crippen molar-refractivity contribution >= 4 is 5.97 Å². The van der Waals surface area contributed by atoms with Gasteiger partial charge in [-0.3, -0.25) is 4.90 Å². The van der Waals surface area contributed by atoms with Crippen LogP contribution in [0.15, 0.2) is 18.2 Å². The minimum absolute atomic E-state index is 0.0119. The average molecular weight is 281 g/mol. The van der Waals surface area contributed by atoms with Gasteiger partial charge in [-0.15, -0.1) is 0 Å². The molecular weight excluding hydrogens is 261 g/mol. The summed E-state index contributed by atoms with van der Waals surface area (Å²) in [6, 6.07) is 4.12. The SMILES string of the molecule is COCC1CCCN(Cc2ccc(C(=O)O)cc2F)C1. The molecule has 0 aromatic heterocycles. The average Bonchev–Trinajstić information content (AvgIpc) is 2.42. The van der Waals surface area contributed by atoms with Gasteiger partial charge in [-0.1, -0.05) is 6.07 Å². The molecule has 0 spiro atoms. The molecule has 0 radical (unpaired) electrons. The monoisotopic (exact) mass is 281 g/mol. The first-order chi connectivity index (χ1) is 9.60. The molecule has 20 heavy (non-hydrogen) atoms. The van der Waals surface area contributed by atoms with Crippen LogP contribution < -0.4 is 0 Å². The Kier molecular flexibility index (Phi) is 5.09. The lowest BCUT2D eigenvalue weighted by Crippen LogP contribution is -2.36. The second-order valence-corrected chi connectivity index (χ2v) is 5.31. The van der Waals surface area contributed by atoms with Crippen molar-refractivity contribution < 1.29 is 19.0 Å². The van der Waals surface area contributed by atoms with Gasteiger partial charge in [-0.2, -0.15) is 0 Å². The number of benzene rings is 1. The fraction of sp³-hybridized carbons (Fsp3) is 0.533. The van der Waals surface area contributed by atoms with Gasteiger partial charge in [-0.05, 0) is 37.4 Å². The van der Waals surface area contributed by atoms with Crippen molar-refractivity contribution in [3.63, 3.8) is 0 Å². The molecule has 1 atom stereocenters. The van der Waals surface area contributed by atoms with Crippen LogP contribution in [0, 0.1) is 11.7 Å². The lowest BCUT2D eigenvalue weighted by molar-refractivity contribution is 0.0696. The third-order valence-electron chi connectivity index (χ3n) is 3.70. The first-order valence-corrected chi connectivity index (χ1v) is 6.83. The third-order valence-corrected chi connectivity index (χ3v) is 3.70. The van der Waals surface area contributed by atoms with Crippen LogP contribution in [0.25, 0.3) is 0 Å². The van der Waals surface area contributed by atoms with E-state index in [9.17, 15) is 9.18 Å². The zero-order valence-corrected chi connectivity index (χ0v) is 11.6. The number of aromatic carboxylic acids is 1. The molecule has 0 saturated carbocycles. The van der Waals surface area contributed by atoms with Gasteiger partial charge in [-0.25, -0.2) is 9.18 Å². The molecule has 1 aliphatic rings. The van der Waals surface area contributed by atoms with E-state index < -0.39 is 11.8 Å². The van der Waals surface area contributed by atoms with Crippen LogP contribution in [0.5, 0.6) is 0 Å². The highest BCUT2D eigenvalue weighted by Gasteiger charge is 2.21. The summed E-state index contributed by atoms with van der Waals surface area (Å²) < 4.78 is 19.1. The summed E-state index contributed by atoms with van der Waals surface area (Å²) in [5, 5.41) is 8.82. The van der Waals surface area contributed by atoms with Crippen LogP contribution in [-0.2, 0) is 11.3 Å². The molecule has 1 aromatic carbocycles. The summed E-state index contributed by atoms with van der Waals surface area (Å²) in [7, 11) is 1.70. The zero-order chi connectivity index (χ0) is 14.5. The topological polar surface area (TPSA) is 49.8 Å². The van der Waals surface area contributed by atoms with Crippen LogP contribution in [0.2, 0.25) is 0 Å². The van der Waals surface area contributed by atoms with Crippen molar-refractivity contribution in [2.24, 2.45) is 5.92 Å². The number of likely N-dealkylation sites (tertiary alicyclic amines) is 1. The minimum Gasteiger partial charge on any atom is -0.478 e. The highest BCUT2D eigenvalue weighted by atomic mass is 19.1. The van der Waals surface area contributed by atoms with E-state index in [4.69, 9.17) is 9.84 Å². The van der Waals surface area contributed by atoms with Gasteiger partial charge >= 0.3 is 5.97 Å². The molecule has 4 nitrogen and oxygen atoms in total. The molecule has 5 heteroatoms. The van der Waals surface area contributed by atoms with Gasteiger partial charge in [0, 0.05) is 25.8 Å². The van der Waals surface area contributed by atoms with Crippen molar-refractivity contribution in [3.8, 4) is 0 Å². The molecule has 1 fully saturated rings. The third kappa shape index (κ3) is 3.77. The Balaban J connectivity index is 2.00. The molecule has 2 rings (SSSR count). The fourth-order valence-electron chi connectivity index (χ4n) is 2.72. The fourth-order valence-corrected chi connectivity index (χ4v) is 2.72. The van der Waals surface area contributed by atoms with Gasteiger partial charge in [0.15, 0.2) is 0 Å². The number of carboxylic acids is 1. The summed E-state index contributed by atoms with van der Waals surface area (Å²) in [6.45, 7) is 3.09. The summed E-state index contributed by atoms with van der Waals surface area (Å²) in [5.74, 6) is -1.05. The number of methoxy groups -OCH3 is 1. The van der Waals surface area contributed by atoms with E-state index in [0.29, 0.717) is 18.0 Å². The molecule has 1 saturated heterocycles. The second kappa shape index (κ2) is 6.81. The summed E-state index contributed by atoms with van der Waals surface area (Å²) in [5.41, 5.74) is 0.537. The number of piperidine rings is 1. The standard InChI is InChI=1S/C15H20FNO3/c1-20-10-11-3-2-6-17(8-11)9-13-5-4-12(15(18)19)7-14(13)16/h4-5,7,11H,2-3,6,8-10H2,1H3,(H,18,19). The lowest BCUT2D eigenvalue weighted by atomic mass is 9.98. The second-order valence-electron chi connectivity index (χ2n) is 5.31. The lowest BCUT2D eigenvalue weighted by Gasteiger charge is -2.32. The molecule has 0 amide bonds. The Morgan fingerprint density at radius 3 is 3.00 bits per heavy atom. The number of nitrogens with zero attached hydrogens (tertiary/aromatic N) is 1. The van der Waals surface area contributed by atoms with Crippen LogP contribution in [0.3, 0.4) is 0 Å². The first kappa shape index (κ1) is 14.9. The molecule has 1 aromatic rings. The summed E-state index contributed by atoms with van der Waals surface area (Å²) >= 11 is 0. The van der Waals surface area contributed by atoms with E-state index in [1.807, 2.05) is 0 Å². The highest BCUT2D eigenvalue weighted by Crippen LogP contribution is 2.20. The maximum atomic E-state index is 13.9. The van der Waals surface area contributed by atoms with Gasteiger partial charge < -0.3 is 9.84 Å². The van der Waals surface area contributed by atoms with E-state index in [0.717, 1.165) is 38.6 Å². The van der Waals surface area contributed by atoms with Crippen molar-refractivity contribution in [2.45, 2.75) is 19.4 Å². The normalized spacial score (nSPS) is 20.0. The smallest absolute Gasteiger partial charge is 0.335 e. The Bertz CT molecular complexity index is 476. The molecule has 1 unspecified atom stereocenters. The predicted octanol–water partition coefficient (Wildman–Crippen LogP) is 2.38. The van der Waals surface area contributed by atoms with Crippen LogP contribution >= 0.6 is 0 Å². The molecule has 1 aliphatic heterocycles. The Morgan fingerprint density at radius 1 is 1.55 bits per heavy atom. The number of ether oxygens (including phenoxy) is 1. The van der Waals surface area contributed by atoms with Crippen molar-refractivity contribution in [1.82, 2.24) is 4.90 Å². The summed E-state index contributed by atoms with van der Waals surface area (Å²) in [4.78, 5) is 13.0. The van der Waals surface area contributed by atoms with Gasteiger partial charge in [0.05, 0.1) is 12.2 Å². The highest BCUT2D eigenvalue weighted by molar-refractivity contribution is 5.87. The first-order valence-electron chi connectivity index (χ1n) is 6.83. The molecule has 110 valence electrons. The van der Waals surface area contributed by atoms with E-state index in [1.54, 1.807) is 13.2 Å². The number of rotatable bonds is 5. The van der Waals surface area contributed by atoms with Crippen LogP contribution in [-0.4, -0.2) is 42.8 Å². The minimum atomic E-state index is -1.10. The summed E-state index contributed by atoms with van der Waals surface area (Å²) in [6.07, 6.45) is 2.23. The van der Waals surface area contributed by atoms with Crippen molar-refractivity contribution in [2.75, 3.05) is 26.8 Å². The zero-order valence-electron chi connectivity index (χ0n) is 11.6. The molecule has 0 bridgehead atoms. The van der Waals surface area contributed by atoms with Crippen molar-refractivity contribution in [3.05, 3.63) is 35.1 Å². The number of halogens is 1. The maximum absolute atomic E-state index is 13.9. The van der Waals surface area contributed by atoms with E-state index in [2.05, 4.69) is 4.90 Å². The van der Waals surface area contributed by atoms with Gasteiger partial charge in [0.25, 0.3) is 0 Å². The van der Waals surface area contributed by atoms with Gasteiger partial charge in [0.1, 0.15) is 5.82 Å². The van der Waals surface area contributed by atoms with Gasteiger partial charge in [0.2, 0.25) is 0 Å². The number of hydrogen-bond donors (Lipinski definition) is 1.